The second kappa shape index (κ2) is 18.8. The number of hydrogen-bond acceptors (Lipinski definition) is 11. The Labute approximate surface area is 432 Å². The molecule has 5 saturated heterocycles. The third kappa shape index (κ3) is 8.25. The largest absolute Gasteiger partial charge is 0.357 e. The molecule has 9 heterocycles. The summed E-state index contributed by atoms with van der Waals surface area (Å²) in [4.78, 5) is 80.2. The summed E-state index contributed by atoms with van der Waals surface area (Å²) in [6, 6.07) is 20.2. The molecule has 2 saturated carbocycles. The Morgan fingerprint density at radius 1 is 0.865 bits per heavy atom. The van der Waals surface area contributed by atoms with Crippen molar-refractivity contribution in [2.24, 2.45) is 17.8 Å². The van der Waals surface area contributed by atoms with Crippen molar-refractivity contribution < 1.29 is 23.6 Å². The fourth-order valence-corrected chi connectivity index (χ4v) is 14.3. The Morgan fingerprint density at radius 3 is 2.41 bits per heavy atom. The molecular formula is C58H68FN11O4. The first-order valence-electron chi connectivity index (χ1n) is 27.7. The normalized spacial score (nSPS) is 27.2. The number of fused-ring (bicyclic) bond motifs is 4. The number of imide groups is 1. The van der Waals surface area contributed by atoms with Gasteiger partial charge in [-0.1, -0.05) is 36.8 Å². The Kier molecular flexibility index (Phi) is 12.1. The van der Waals surface area contributed by atoms with Crippen molar-refractivity contribution in [3.8, 4) is 11.3 Å². The number of anilines is 4. The number of imidazole rings is 1. The van der Waals surface area contributed by atoms with Crippen molar-refractivity contribution in [1.29, 1.82) is 0 Å². The van der Waals surface area contributed by atoms with Crippen LogP contribution in [0.25, 0.3) is 22.3 Å². The topological polar surface area (TPSA) is 152 Å². The van der Waals surface area contributed by atoms with E-state index in [1.165, 1.54) is 25.3 Å². The standard InChI is InChI=1S/C58H68FN11O4/c1-35(2)69-34-61-48-31-47(63-54(53(48)69)62-46-9-5-4-8-45(46)59)37-10-13-44-49(28-37)70(40-29-39(30-40)66-21-6-3-7-22-66)57(74)58(44)19-26-65(27-20-58)33-43-42-18-25-68(52(42)43)56(73)36-16-23-67(24-17-36)50-14-11-38(32-60-50)41-12-15-51(71)64-55(41)72/h4-5,8-11,13-14,28,31-32,34-36,39-43,52H,3,6-7,12,15-27,29-30,33H2,1-2H3,(H,62,63)(H,64,71,72)/t39-,40+,41?,42-,43?,52-/m1/s1. The quantitative estimate of drug-likeness (QED) is 0.124. The fourth-order valence-electron chi connectivity index (χ4n) is 14.3. The Bertz CT molecular complexity index is 3000. The van der Waals surface area contributed by atoms with E-state index in [2.05, 4.69) is 71.7 Å². The monoisotopic (exact) mass is 1000 g/mol. The summed E-state index contributed by atoms with van der Waals surface area (Å²) in [5.41, 5.74) is 5.93. The zero-order chi connectivity index (χ0) is 50.4. The van der Waals surface area contributed by atoms with Crippen molar-refractivity contribution in [3.05, 3.63) is 90.1 Å². The summed E-state index contributed by atoms with van der Waals surface area (Å²) in [6.45, 7) is 11.5. The minimum absolute atomic E-state index is 0.00588. The number of hydrogen-bond donors (Lipinski definition) is 2. The number of benzene rings is 2. The molecular weight excluding hydrogens is 934 g/mol. The smallest absolute Gasteiger partial charge is 0.238 e. The molecule has 6 aliphatic heterocycles. The summed E-state index contributed by atoms with van der Waals surface area (Å²) in [5.74, 6) is 1.78. The van der Waals surface area contributed by atoms with Gasteiger partial charge < -0.3 is 34.4 Å². The van der Waals surface area contributed by atoms with Crippen LogP contribution in [0.4, 0.5) is 27.4 Å². The number of halogens is 1. The van der Waals surface area contributed by atoms with E-state index in [0.717, 1.165) is 142 Å². The zero-order valence-electron chi connectivity index (χ0n) is 42.7. The van der Waals surface area contributed by atoms with Gasteiger partial charge in [0.1, 0.15) is 17.2 Å². The predicted octanol–water partition coefficient (Wildman–Crippen LogP) is 7.94. The van der Waals surface area contributed by atoms with E-state index in [-0.39, 0.29) is 47.5 Å². The van der Waals surface area contributed by atoms with Gasteiger partial charge in [-0.3, -0.25) is 24.5 Å². The lowest BCUT2D eigenvalue weighted by Gasteiger charge is -2.48. The van der Waals surface area contributed by atoms with Gasteiger partial charge in [-0.05, 0) is 158 Å². The van der Waals surface area contributed by atoms with Crippen molar-refractivity contribution in [2.45, 2.75) is 126 Å². The third-order valence-electron chi connectivity index (χ3n) is 18.7. The van der Waals surface area contributed by atoms with E-state index in [1.807, 2.05) is 30.6 Å². The number of carbonyl (C=O) groups is 4. The highest BCUT2D eigenvalue weighted by molar-refractivity contribution is 6.09. The summed E-state index contributed by atoms with van der Waals surface area (Å²) < 4.78 is 17.2. The Hall–Kier alpha value is -6.26. The molecule has 13 rings (SSSR count). The van der Waals surface area contributed by atoms with Crippen LogP contribution in [0.1, 0.15) is 114 Å². The lowest BCUT2D eigenvalue weighted by molar-refractivity contribution is -0.136. The van der Waals surface area contributed by atoms with Gasteiger partial charge in [-0.2, -0.15) is 0 Å². The maximum Gasteiger partial charge on any atom is 0.238 e. The molecule has 2 unspecified atom stereocenters. The first kappa shape index (κ1) is 47.5. The van der Waals surface area contributed by atoms with Gasteiger partial charge >= 0.3 is 0 Å². The average molecular weight is 1000 g/mol. The van der Waals surface area contributed by atoms with Crippen LogP contribution in [-0.2, 0) is 24.6 Å². The molecule has 16 heteroatoms. The number of nitrogens with one attached hydrogen (secondary N) is 2. The summed E-state index contributed by atoms with van der Waals surface area (Å²) in [6.07, 6.45) is 14.4. The van der Waals surface area contributed by atoms with Crippen molar-refractivity contribution in [2.75, 3.05) is 67.5 Å². The zero-order valence-corrected chi connectivity index (χ0v) is 42.7. The van der Waals surface area contributed by atoms with Crippen LogP contribution in [-0.4, -0.2) is 128 Å². The van der Waals surface area contributed by atoms with Gasteiger partial charge in [0.2, 0.25) is 23.6 Å². The maximum atomic E-state index is 15.3. The molecule has 4 atom stereocenters. The number of rotatable bonds is 11. The first-order valence-corrected chi connectivity index (χ1v) is 27.7. The molecule has 3 aromatic heterocycles. The number of para-hydroxylation sites is 1. The molecule has 1 spiro atoms. The van der Waals surface area contributed by atoms with Gasteiger partial charge in [0.15, 0.2) is 5.82 Å². The number of nitrogens with zero attached hydrogens (tertiary/aromatic N) is 9. The molecule has 2 aliphatic carbocycles. The molecule has 7 fully saturated rings. The first-order chi connectivity index (χ1) is 36.0. The minimum atomic E-state index is -0.590. The van der Waals surface area contributed by atoms with Crippen LogP contribution < -0.4 is 20.4 Å². The molecule has 2 aromatic carbocycles. The van der Waals surface area contributed by atoms with Gasteiger partial charge in [0.05, 0.1) is 34.6 Å². The molecule has 4 amide bonds. The number of pyridine rings is 2. The molecule has 5 aromatic rings. The highest BCUT2D eigenvalue weighted by Gasteiger charge is 2.61. The van der Waals surface area contributed by atoms with E-state index in [9.17, 15) is 14.4 Å². The van der Waals surface area contributed by atoms with E-state index in [1.54, 1.807) is 18.3 Å². The molecule has 0 bridgehead atoms. The SMILES string of the molecule is CC(C)n1cnc2cc(-c3ccc4c(c3)N([C@H]3C[C@@H](N5CCCCC5)C3)C(=O)C43CCN(CC4[C@H]5CCN(C(=O)C6CCN(c7ccc(C8CCC(=O)NC8=O)cn7)CC6)[C@@H]45)CC3)nc(Nc3ccccc3F)c21. The number of carbonyl (C=O) groups excluding carboxylic acids is 4. The summed E-state index contributed by atoms with van der Waals surface area (Å²) in [5, 5.41) is 5.75. The van der Waals surface area contributed by atoms with Crippen LogP contribution in [0.3, 0.4) is 0 Å². The molecule has 74 heavy (non-hydrogen) atoms. The minimum Gasteiger partial charge on any atom is -0.357 e. The van der Waals surface area contributed by atoms with Gasteiger partial charge in [0, 0.05) is 80.1 Å². The third-order valence-corrected chi connectivity index (χ3v) is 18.7. The second-order valence-corrected chi connectivity index (χ2v) is 23.1. The van der Waals surface area contributed by atoms with Crippen LogP contribution >= 0.6 is 0 Å². The highest BCUT2D eigenvalue weighted by atomic mass is 19.1. The number of likely N-dealkylation sites (tertiary alicyclic amines) is 3. The molecule has 386 valence electrons. The van der Waals surface area contributed by atoms with E-state index < -0.39 is 5.41 Å². The van der Waals surface area contributed by atoms with E-state index in [4.69, 9.17) is 15.0 Å². The van der Waals surface area contributed by atoms with Crippen molar-refractivity contribution in [1.82, 2.24) is 39.5 Å². The van der Waals surface area contributed by atoms with Crippen LogP contribution in [0.15, 0.2) is 73.2 Å². The van der Waals surface area contributed by atoms with Gasteiger partial charge in [0.25, 0.3) is 0 Å². The van der Waals surface area contributed by atoms with Crippen molar-refractivity contribution in [3.63, 3.8) is 0 Å². The van der Waals surface area contributed by atoms with Crippen LogP contribution in [0.2, 0.25) is 0 Å². The van der Waals surface area contributed by atoms with Crippen LogP contribution in [0.5, 0.6) is 0 Å². The average Bonchev–Trinajstić information content (AvgIpc) is 3.67. The molecule has 15 nitrogen and oxygen atoms in total. The highest BCUT2D eigenvalue weighted by Crippen LogP contribution is 2.55. The van der Waals surface area contributed by atoms with Crippen molar-refractivity contribution >= 4 is 57.7 Å². The summed E-state index contributed by atoms with van der Waals surface area (Å²) in [7, 11) is 0. The Morgan fingerprint density at radius 2 is 1.66 bits per heavy atom. The Balaban J connectivity index is 0.691. The van der Waals surface area contributed by atoms with E-state index in [0.29, 0.717) is 54.2 Å². The predicted molar refractivity (Wildman–Crippen MR) is 282 cm³/mol. The summed E-state index contributed by atoms with van der Waals surface area (Å²) >= 11 is 0. The van der Waals surface area contributed by atoms with Gasteiger partial charge in [-0.15, -0.1) is 0 Å². The maximum absolute atomic E-state index is 15.3. The molecule has 2 N–H and O–H groups in total. The number of aromatic nitrogens is 4. The van der Waals surface area contributed by atoms with Crippen LogP contribution in [0, 0.1) is 23.6 Å². The number of amides is 4. The van der Waals surface area contributed by atoms with E-state index >= 15 is 9.18 Å². The second-order valence-electron chi connectivity index (χ2n) is 23.1. The molecule has 8 aliphatic rings. The fraction of sp³-hybridized carbons (Fsp3) is 0.534. The lowest BCUT2D eigenvalue weighted by Crippen LogP contribution is -2.58. The molecule has 0 radical (unpaired) electrons. The lowest BCUT2D eigenvalue weighted by atomic mass is 9.73. The number of piperidine rings is 5. The van der Waals surface area contributed by atoms with Gasteiger partial charge in [-0.25, -0.2) is 19.3 Å².